The van der Waals surface area contributed by atoms with E-state index in [0.717, 1.165) is 30.5 Å². The van der Waals surface area contributed by atoms with E-state index >= 15 is 0 Å². The van der Waals surface area contributed by atoms with Gasteiger partial charge in [-0.1, -0.05) is 37.8 Å². The third-order valence-corrected chi connectivity index (χ3v) is 6.30. The number of aromatic nitrogens is 2. The Morgan fingerprint density at radius 1 is 1.27 bits per heavy atom. The molecule has 1 fully saturated rings. The molecule has 1 amide bonds. The van der Waals surface area contributed by atoms with Crippen molar-refractivity contribution in [3.05, 3.63) is 46.8 Å². The SMILES string of the molecule is CCOC(=O)c1nc(-c2cccc(C#C[C@]3(O)CCN(C)C3=O)c2)nc2c1CC(C)(C)CC2. The second-order valence-electron chi connectivity index (χ2n) is 9.55. The van der Waals surface area contributed by atoms with E-state index in [9.17, 15) is 14.7 Å². The van der Waals surface area contributed by atoms with Gasteiger partial charge in [-0.25, -0.2) is 14.8 Å². The monoisotopic (exact) mass is 447 g/mol. The average molecular weight is 448 g/mol. The summed E-state index contributed by atoms with van der Waals surface area (Å²) in [5.41, 5.74) is 1.83. The number of fused-ring (bicyclic) bond motifs is 1. The Labute approximate surface area is 194 Å². The van der Waals surface area contributed by atoms with Crippen LogP contribution in [0, 0.1) is 17.3 Å². The third kappa shape index (κ3) is 4.62. The number of rotatable bonds is 3. The lowest BCUT2D eigenvalue weighted by Crippen LogP contribution is -2.37. The van der Waals surface area contributed by atoms with Crippen LogP contribution in [-0.4, -0.2) is 57.7 Å². The highest BCUT2D eigenvalue weighted by Crippen LogP contribution is 2.36. The standard InChI is InChI=1S/C26H29N3O4/c1-5-33-23(30)21-19-16-25(2,3)11-10-20(19)27-22(28-21)18-8-6-7-17(15-18)9-12-26(32)13-14-29(4)24(26)31/h6-8,15,32H,5,10-11,13-14,16H2,1-4H3/t26-/m0/s1. The zero-order valence-electron chi connectivity index (χ0n) is 19.6. The Kier molecular flexibility index (Phi) is 5.98. The van der Waals surface area contributed by atoms with Crippen LogP contribution in [0.25, 0.3) is 11.4 Å². The molecule has 0 bridgehead atoms. The summed E-state index contributed by atoms with van der Waals surface area (Å²) >= 11 is 0. The molecule has 1 saturated heterocycles. The van der Waals surface area contributed by atoms with Crippen LogP contribution in [0.3, 0.4) is 0 Å². The number of esters is 1. The number of hydrogen-bond acceptors (Lipinski definition) is 6. The van der Waals surface area contributed by atoms with Crippen molar-refractivity contribution in [3.63, 3.8) is 0 Å². The molecule has 1 N–H and O–H groups in total. The average Bonchev–Trinajstić information content (AvgIpc) is 3.04. The molecule has 1 aromatic heterocycles. The van der Waals surface area contributed by atoms with Crippen LogP contribution in [-0.2, 0) is 22.4 Å². The highest BCUT2D eigenvalue weighted by Gasteiger charge is 2.42. The molecule has 7 heteroatoms. The lowest BCUT2D eigenvalue weighted by molar-refractivity contribution is -0.137. The van der Waals surface area contributed by atoms with Crippen LogP contribution in [0.1, 0.15) is 60.9 Å². The highest BCUT2D eigenvalue weighted by molar-refractivity contribution is 5.91. The van der Waals surface area contributed by atoms with E-state index in [0.29, 0.717) is 29.2 Å². The van der Waals surface area contributed by atoms with Crippen LogP contribution in [0.5, 0.6) is 0 Å². The second-order valence-corrected chi connectivity index (χ2v) is 9.55. The molecule has 0 radical (unpaired) electrons. The van der Waals surface area contributed by atoms with Crippen LogP contribution in [0.2, 0.25) is 0 Å². The first kappa shape index (κ1) is 22.9. The lowest BCUT2D eigenvalue weighted by atomic mass is 9.75. The fourth-order valence-corrected chi connectivity index (χ4v) is 4.33. The van der Waals surface area contributed by atoms with Crippen molar-refractivity contribution in [3.8, 4) is 23.2 Å². The maximum absolute atomic E-state index is 12.7. The maximum Gasteiger partial charge on any atom is 0.357 e. The van der Waals surface area contributed by atoms with Gasteiger partial charge in [0.25, 0.3) is 5.91 Å². The van der Waals surface area contributed by atoms with E-state index in [-0.39, 0.29) is 24.3 Å². The highest BCUT2D eigenvalue weighted by atomic mass is 16.5. The molecule has 2 heterocycles. The Hall–Kier alpha value is -3.24. The number of benzene rings is 1. The van der Waals surface area contributed by atoms with Crippen molar-refractivity contribution in [2.24, 2.45) is 5.41 Å². The fourth-order valence-electron chi connectivity index (χ4n) is 4.33. The van der Waals surface area contributed by atoms with Gasteiger partial charge in [-0.2, -0.15) is 0 Å². The van der Waals surface area contributed by atoms with Gasteiger partial charge in [-0.05, 0) is 43.7 Å². The molecule has 4 rings (SSSR count). The van der Waals surface area contributed by atoms with Gasteiger partial charge in [0.05, 0.1) is 6.61 Å². The molecule has 33 heavy (non-hydrogen) atoms. The van der Waals surface area contributed by atoms with E-state index in [1.807, 2.05) is 18.2 Å². The van der Waals surface area contributed by atoms with Crippen LogP contribution in [0.4, 0.5) is 0 Å². The van der Waals surface area contributed by atoms with Crippen LogP contribution >= 0.6 is 0 Å². The van der Waals surface area contributed by atoms with Gasteiger partial charge in [0.2, 0.25) is 5.60 Å². The molecule has 0 spiro atoms. The summed E-state index contributed by atoms with van der Waals surface area (Å²) in [6.07, 6.45) is 2.75. The third-order valence-electron chi connectivity index (χ3n) is 6.30. The molecule has 2 aromatic rings. The minimum absolute atomic E-state index is 0.0701. The smallest absolute Gasteiger partial charge is 0.357 e. The normalized spacial score (nSPS) is 21.2. The molecule has 1 aliphatic heterocycles. The number of aliphatic hydroxyl groups is 1. The Morgan fingerprint density at radius 3 is 2.76 bits per heavy atom. The summed E-state index contributed by atoms with van der Waals surface area (Å²) in [6.45, 7) is 6.89. The molecule has 2 aliphatic rings. The van der Waals surface area contributed by atoms with Crippen molar-refractivity contribution in [1.29, 1.82) is 0 Å². The summed E-state index contributed by atoms with van der Waals surface area (Å²) in [5.74, 6) is 5.29. The number of carbonyl (C=O) groups excluding carboxylic acids is 2. The van der Waals surface area contributed by atoms with E-state index in [2.05, 4.69) is 30.7 Å². The van der Waals surface area contributed by atoms with Crippen molar-refractivity contribution in [2.75, 3.05) is 20.2 Å². The topological polar surface area (TPSA) is 92.6 Å². The van der Waals surface area contributed by atoms with E-state index < -0.39 is 11.6 Å². The number of aryl methyl sites for hydroxylation is 1. The summed E-state index contributed by atoms with van der Waals surface area (Å²) in [6, 6.07) is 7.29. The van der Waals surface area contributed by atoms with E-state index in [4.69, 9.17) is 9.72 Å². The van der Waals surface area contributed by atoms with E-state index in [1.54, 1.807) is 20.0 Å². The van der Waals surface area contributed by atoms with Gasteiger partial charge in [-0.3, -0.25) is 4.79 Å². The predicted octanol–water partition coefficient (Wildman–Crippen LogP) is 2.78. The van der Waals surface area contributed by atoms with Crippen LogP contribution < -0.4 is 0 Å². The summed E-state index contributed by atoms with van der Waals surface area (Å²) < 4.78 is 5.29. The largest absolute Gasteiger partial charge is 0.461 e. The molecule has 0 saturated carbocycles. The minimum Gasteiger partial charge on any atom is -0.461 e. The number of amides is 1. The maximum atomic E-state index is 12.7. The van der Waals surface area contributed by atoms with Crippen molar-refractivity contribution >= 4 is 11.9 Å². The molecular formula is C26H29N3O4. The number of carbonyl (C=O) groups is 2. The Bertz CT molecular complexity index is 1180. The number of likely N-dealkylation sites (tertiary alicyclic amines) is 1. The van der Waals surface area contributed by atoms with Crippen molar-refractivity contribution < 1.29 is 19.4 Å². The van der Waals surface area contributed by atoms with Gasteiger partial charge in [-0.15, -0.1) is 0 Å². The zero-order chi connectivity index (χ0) is 23.8. The number of nitrogens with zero attached hydrogens (tertiary/aromatic N) is 3. The molecule has 1 atom stereocenters. The molecule has 0 unspecified atom stereocenters. The minimum atomic E-state index is -1.66. The molecular weight excluding hydrogens is 418 g/mol. The number of likely N-dealkylation sites (N-methyl/N-ethyl adjacent to an activating group) is 1. The quantitative estimate of drug-likeness (QED) is 0.575. The van der Waals surface area contributed by atoms with Crippen LogP contribution in [0.15, 0.2) is 24.3 Å². The van der Waals surface area contributed by atoms with Gasteiger partial charge >= 0.3 is 5.97 Å². The predicted molar refractivity (Wildman–Crippen MR) is 123 cm³/mol. The molecule has 1 aliphatic carbocycles. The molecule has 7 nitrogen and oxygen atoms in total. The fraction of sp³-hybridized carbons (Fsp3) is 0.462. The lowest BCUT2D eigenvalue weighted by Gasteiger charge is -2.31. The van der Waals surface area contributed by atoms with Gasteiger partial charge in [0.15, 0.2) is 11.5 Å². The first-order valence-corrected chi connectivity index (χ1v) is 11.3. The number of ether oxygens (including phenoxy) is 1. The van der Waals surface area contributed by atoms with Crippen molar-refractivity contribution in [2.45, 2.75) is 52.1 Å². The Balaban J connectivity index is 1.72. The zero-order valence-corrected chi connectivity index (χ0v) is 19.6. The summed E-state index contributed by atoms with van der Waals surface area (Å²) in [4.78, 5) is 35.8. The van der Waals surface area contributed by atoms with E-state index in [1.165, 1.54) is 4.90 Å². The second kappa shape index (κ2) is 8.60. The Morgan fingerprint density at radius 2 is 2.06 bits per heavy atom. The molecule has 1 aromatic carbocycles. The van der Waals surface area contributed by atoms with Gasteiger partial charge < -0.3 is 14.7 Å². The van der Waals surface area contributed by atoms with Crippen molar-refractivity contribution in [1.82, 2.24) is 14.9 Å². The summed E-state index contributed by atoms with van der Waals surface area (Å²) in [5, 5.41) is 10.6. The first-order valence-electron chi connectivity index (χ1n) is 11.3. The number of hydrogen-bond donors (Lipinski definition) is 1. The van der Waals surface area contributed by atoms with Gasteiger partial charge in [0.1, 0.15) is 0 Å². The summed E-state index contributed by atoms with van der Waals surface area (Å²) in [7, 11) is 1.65. The molecule has 172 valence electrons. The first-order chi connectivity index (χ1) is 15.6. The van der Waals surface area contributed by atoms with Gasteiger partial charge in [0, 0.05) is 42.4 Å².